The van der Waals surface area contributed by atoms with Gasteiger partial charge in [0.1, 0.15) is 0 Å². The van der Waals surface area contributed by atoms with Crippen molar-refractivity contribution < 1.29 is 9.59 Å². The SMILES string of the molecule is O=C1NC(=O)[C@H]2C=CC=C[C@@H]2N1. The van der Waals surface area contributed by atoms with Crippen LogP contribution in [0.4, 0.5) is 4.79 Å². The summed E-state index contributed by atoms with van der Waals surface area (Å²) in [5.74, 6) is -0.475. The van der Waals surface area contributed by atoms with Crippen LogP contribution in [-0.4, -0.2) is 18.0 Å². The van der Waals surface area contributed by atoms with Gasteiger partial charge in [-0.1, -0.05) is 24.3 Å². The van der Waals surface area contributed by atoms with Crippen molar-refractivity contribution in [2.45, 2.75) is 6.04 Å². The Morgan fingerprint density at radius 1 is 1.17 bits per heavy atom. The molecule has 4 nitrogen and oxygen atoms in total. The summed E-state index contributed by atoms with van der Waals surface area (Å²) in [5.41, 5.74) is 0. The first-order chi connectivity index (χ1) is 5.77. The third-order valence-corrected chi connectivity index (χ3v) is 1.97. The molecule has 4 heteroatoms. The molecule has 0 radical (unpaired) electrons. The summed E-state index contributed by atoms with van der Waals surface area (Å²) in [7, 11) is 0. The van der Waals surface area contributed by atoms with Crippen LogP contribution in [0.1, 0.15) is 0 Å². The van der Waals surface area contributed by atoms with Crippen molar-refractivity contribution in [1.29, 1.82) is 0 Å². The summed E-state index contributed by atoms with van der Waals surface area (Å²) in [5, 5.41) is 4.84. The summed E-state index contributed by atoms with van der Waals surface area (Å²) in [4.78, 5) is 22.0. The third-order valence-electron chi connectivity index (χ3n) is 1.97. The molecule has 0 saturated carbocycles. The Kier molecular flexibility index (Phi) is 1.46. The Balaban J connectivity index is 2.25. The second kappa shape index (κ2) is 2.48. The molecule has 12 heavy (non-hydrogen) atoms. The number of nitrogens with one attached hydrogen (secondary N) is 2. The topological polar surface area (TPSA) is 58.2 Å². The number of allylic oxidation sites excluding steroid dienone is 2. The van der Waals surface area contributed by atoms with Crippen LogP contribution in [0.25, 0.3) is 0 Å². The Labute approximate surface area is 69.3 Å². The lowest BCUT2D eigenvalue weighted by molar-refractivity contribution is -0.123. The quantitative estimate of drug-likeness (QED) is 0.526. The molecule has 3 amide bonds. The summed E-state index contributed by atoms with van der Waals surface area (Å²) < 4.78 is 0. The van der Waals surface area contributed by atoms with Gasteiger partial charge in [-0.05, 0) is 0 Å². The maximum Gasteiger partial charge on any atom is 0.321 e. The van der Waals surface area contributed by atoms with Crippen LogP contribution >= 0.6 is 0 Å². The van der Waals surface area contributed by atoms with Gasteiger partial charge in [-0.25, -0.2) is 4.79 Å². The van der Waals surface area contributed by atoms with E-state index >= 15 is 0 Å². The van der Waals surface area contributed by atoms with Gasteiger partial charge in [0, 0.05) is 0 Å². The summed E-state index contributed by atoms with van der Waals surface area (Å²) in [6, 6.07) is -0.586. The fourth-order valence-corrected chi connectivity index (χ4v) is 1.38. The van der Waals surface area contributed by atoms with Crippen molar-refractivity contribution in [2.24, 2.45) is 5.92 Å². The minimum absolute atomic E-state index is 0.170. The van der Waals surface area contributed by atoms with Crippen LogP contribution in [0.5, 0.6) is 0 Å². The van der Waals surface area contributed by atoms with Gasteiger partial charge in [0.15, 0.2) is 0 Å². The normalized spacial score (nSPS) is 32.3. The Morgan fingerprint density at radius 2 is 1.92 bits per heavy atom. The second-order valence-corrected chi connectivity index (χ2v) is 2.78. The highest BCUT2D eigenvalue weighted by Crippen LogP contribution is 2.15. The highest BCUT2D eigenvalue weighted by molar-refractivity contribution is 5.99. The Bertz CT molecular complexity index is 293. The summed E-state index contributed by atoms with van der Waals surface area (Å²) in [6.45, 7) is 0. The van der Waals surface area contributed by atoms with Crippen molar-refractivity contribution in [3.8, 4) is 0 Å². The van der Waals surface area contributed by atoms with E-state index in [0.717, 1.165) is 0 Å². The summed E-state index contributed by atoms with van der Waals surface area (Å²) in [6.07, 6.45) is 7.21. The molecule has 0 unspecified atom stereocenters. The number of rotatable bonds is 0. The fraction of sp³-hybridized carbons (Fsp3) is 0.250. The van der Waals surface area contributed by atoms with Crippen molar-refractivity contribution in [3.63, 3.8) is 0 Å². The highest BCUT2D eigenvalue weighted by atomic mass is 16.2. The third kappa shape index (κ3) is 1.01. The maximum absolute atomic E-state index is 11.2. The second-order valence-electron chi connectivity index (χ2n) is 2.78. The van der Waals surface area contributed by atoms with Gasteiger partial charge in [-0.3, -0.25) is 10.1 Å². The number of hydrogen-bond donors (Lipinski definition) is 2. The van der Waals surface area contributed by atoms with Gasteiger partial charge in [0.05, 0.1) is 12.0 Å². The summed E-state index contributed by atoms with van der Waals surface area (Å²) >= 11 is 0. The number of amides is 3. The van der Waals surface area contributed by atoms with Crippen molar-refractivity contribution >= 4 is 11.9 Å². The largest absolute Gasteiger partial charge is 0.330 e. The molecule has 0 aromatic rings. The lowest BCUT2D eigenvalue weighted by atomic mass is 9.93. The van der Waals surface area contributed by atoms with Gasteiger partial charge in [-0.15, -0.1) is 0 Å². The zero-order valence-corrected chi connectivity index (χ0v) is 6.28. The van der Waals surface area contributed by atoms with E-state index in [1.807, 2.05) is 6.08 Å². The van der Waals surface area contributed by atoms with Crippen LogP contribution in [-0.2, 0) is 4.79 Å². The van der Waals surface area contributed by atoms with E-state index in [1.165, 1.54) is 0 Å². The smallest absolute Gasteiger partial charge is 0.321 e. The molecule has 1 aliphatic heterocycles. The van der Waals surface area contributed by atoms with E-state index in [4.69, 9.17) is 0 Å². The number of hydrogen-bond acceptors (Lipinski definition) is 2. The zero-order chi connectivity index (χ0) is 8.55. The maximum atomic E-state index is 11.2. The Morgan fingerprint density at radius 3 is 2.75 bits per heavy atom. The Hall–Kier alpha value is -1.58. The first kappa shape index (κ1) is 7.09. The molecule has 0 bridgehead atoms. The molecule has 2 atom stereocenters. The molecule has 1 heterocycles. The van der Waals surface area contributed by atoms with E-state index in [0.29, 0.717) is 0 Å². The van der Waals surface area contributed by atoms with E-state index in [-0.39, 0.29) is 17.9 Å². The molecule has 1 fully saturated rings. The molecular formula is C8H8N2O2. The van der Waals surface area contributed by atoms with Gasteiger partial charge >= 0.3 is 6.03 Å². The first-order valence-electron chi connectivity index (χ1n) is 3.74. The number of fused-ring (bicyclic) bond motifs is 1. The number of urea groups is 1. The molecule has 1 aliphatic carbocycles. The van der Waals surface area contributed by atoms with Crippen LogP contribution in [0.3, 0.4) is 0 Å². The molecule has 2 rings (SSSR count). The van der Waals surface area contributed by atoms with Crippen LogP contribution in [0.2, 0.25) is 0 Å². The number of carbonyl (C=O) groups is 2. The van der Waals surface area contributed by atoms with E-state index in [9.17, 15) is 9.59 Å². The molecule has 62 valence electrons. The van der Waals surface area contributed by atoms with Gasteiger partial charge in [-0.2, -0.15) is 0 Å². The lowest BCUT2D eigenvalue weighted by Crippen LogP contribution is -2.57. The predicted molar refractivity (Wildman–Crippen MR) is 42.2 cm³/mol. The molecule has 0 aromatic heterocycles. The molecule has 1 saturated heterocycles. The van der Waals surface area contributed by atoms with Crippen molar-refractivity contribution in [1.82, 2.24) is 10.6 Å². The van der Waals surface area contributed by atoms with Crippen LogP contribution in [0, 0.1) is 5.92 Å². The average Bonchev–Trinajstić information content (AvgIpc) is 2.04. The minimum atomic E-state index is -0.416. The van der Waals surface area contributed by atoms with Crippen LogP contribution < -0.4 is 10.6 Å². The van der Waals surface area contributed by atoms with Gasteiger partial charge < -0.3 is 5.32 Å². The first-order valence-corrected chi connectivity index (χ1v) is 3.74. The number of imide groups is 1. The monoisotopic (exact) mass is 164 g/mol. The van der Waals surface area contributed by atoms with Gasteiger partial charge in [0.25, 0.3) is 0 Å². The zero-order valence-electron chi connectivity index (χ0n) is 6.28. The van der Waals surface area contributed by atoms with Crippen molar-refractivity contribution in [2.75, 3.05) is 0 Å². The molecule has 2 N–H and O–H groups in total. The average molecular weight is 164 g/mol. The standard InChI is InChI=1S/C8H8N2O2/c11-7-5-3-1-2-4-6(5)9-8(12)10-7/h1-6H,(H2,9,10,11,12)/t5-,6-/m0/s1. The van der Waals surface area contributed by atoms with Gasteiger partial charge in [0.2, 0.25) is 5.91 Å². The molecule has 0 aromatic carbocycles. The minimum Gasteiger partial charge on any atom is -0.330 e. The van der Waals surface area contributed by atoms with Crippen LogP contribution in [0.15, 0.2) is 24.3 Å². The van der Waals surface area contributed by atoms with E-state index < -0.39 is 6.03 Å². The van der Waals surface area contributed by atoms with E-state index in [1.54, 1.807) is 18.2 Å². The van der Waals surface area contributed by atoms with Crippen molar-refractivity contribution in [3.05, 3.63) is 24.3 Å². The molecule has 2 aliphatic rings. The molecule has 0 spiro atoms. The molecular weight excluding hydrogens is 156 g/mol. The lowest BCUT2D eigenvalue weighted by Gasteiger charge is -2.28. The number of carbonyl (C=O) groups excluding carboxylic acids is 2. The predicted octanol–water partition coefficient (Wildman–Crippen LogP) is -0.0634. The fourth-order valence-electron chi connectivity index (χ4n) is 1.38. The van der Waals surface area contributed by atoms with E-state index in [2.05, 4.69) is 10.6 Å². The highest BCUT2D eigenvalue weighted by Gasteiger charge is 2.32.